The van der Waals surface area contributed by atoms with Gasteiger partial charge in [-0.05, 0) is 19.4 Å². The molecule has 1 aliphatic rings. The third kappa shape index (κ3) is 3.51. The van der Waals surface area contributed by atoms with Crippen molar-refractivity contribution in [2.75, 3.05) is 16.8 Å². The highest BCUT2D eigenvalue weighted by atomic mass is 32.2. The van der Waals surface area contributed by atoms with Gasteiger partial charge in [0, 0.05) is 6.07 Å². The second kappa shape index (κ2) is 5.53. The summed E-state index contributed by atoms with van der Waals surface area (Å²) in [5, 5.41) is 13.1. The molecule has 1 aromatic carbocycles. The van der Waals surface area contributed by atoms with Gasteiger partial charge in [0.25, 0.3) is 0 Å². The number of urea groups is 1. The zero-order chi connectivity index (χ0) is 16.5. The molecule has 22 heavy (non-hydrogen) atoms. The molecule has 1 saturated heterocycles. The van der Waals surface area contributed by atoms with E-state index in [4.69, 9.17) is 5.26 Å². The van der Waals surface area contributed by atoms with Gasteiger partial charge < -0.3 is 10.6 Å². The average molecular weight is 329 g/mol. The van der Waals surface area contributed by atoms with Crippen LogP contribution in [0.2, 0.25) is 0 Å². The third-order valence-electron chi connectivity index (χ3n) is 3.34. The van der Waals surface area contributed by atoms with Crippen LogP contribution in [-0.2, 0) is 9.84 Å². The molecule has 0 aromatic heterocycles. The molecule has 0 aliphatic carbocycles. The van der Waals surface area contributed by atoms with Crippen molar-refractivity contribution in [1.82, 2.24) is 5.32 Å². The molecule has 2 rings (SSSR count). The summed E-state index contributed by atoms with van der Waals surface area (Å²) in [5.74, 6) is -2.17. The minimum Gasteiger partial charge on any atom is -0.332 e. The topological polar surface area (TPSA) is 99.1 Å². The van der Waals surface area contributed by atoms with Gasteiger partial charge in [0.1, 0.15) is 17.7 Å². The molecule has 0 saturated carbocycles. The Morgan fingerprint density at radius 2 is 2.05 bits per heavy atom. The number of carbonyl (C=O) groups excluding carboxylic acids is 1. The van der Waals surface area contributed by atoms with E-state index in [9.17, 15) is 22.0 Å². The number of sulfone groups is 1. The van der Waals surface area contributed by atoms with E-state index in [-0.39, 0.29) is 17.9 Å². The van der Waals surface area contributed by atoms with Gasteiger partial charge in [-0.3, -0.25) is 0 Å². The van der Waals surface area contributed by atoms with Crippen LogP contribution < -0.4 is 10.6 Å². The number of nitrogens with one attached hydrogen (secondary N) is 2. The predicted octanol–water partition coefficient (Wildman–Crippen LogP) is 1.54. The van der Waals surface area contributed by atoms with E-state index < -0.39 is 44.3 Å². The van der Waals surface area contributed by atoms with E-state index in [0.717, 1.165) is 0 Å². The van der Waals surface area contributed by atoms with Gasteiger partial charge in [0.2, 0.25) is 0 Å². The summed E-state index contributed by atoms with van der Waals surface area (Å²) in [6, 6.07) is 2.00. The zero-order valence-corrected chi connectivity index (χ0v) is 12.4. The predicted molar refractivity (Wildman–Crippen MR) is 74.9 cm³/mol. The van der Waals surface area contributed by atoms with Crippen LogP contribution in [-0.4, -0.2) is 31.5 Å². The van der Waals surface area contributed by atoms with Gasteiger partial charge >= 0.3 is 6.03 Å². The van der Waals surface area contributed by atoms with E-state index >= 15 is 0 Å². The minimum atomic E-state index is -3.21. The van der Waals surface area contributed by atoms with E-state index in [0.29, 0.717) is 12.1 Å². The summed E-state index contributed by atoms with van der Waals surface area (Å²) in [7, 11) is -3.21. The van der Waals surface area contributed by atoms with Gasteiger partial charge in [-0.15, -0.1) is 0 Å². The van der Waals surface area contributed by atoms with E-state index in [2.05, 4.69) is 10.6 Å². The molecule has 6 nitrogen and oxygen atoms in total. The normalized spacial score (nSPS) is 22.8. The van der Waals surface area contributed by atoms with Crippen LogP contribution in [0.15, 0.2) is 12.1 Å². The molecule has 0 radical (unpaired) electrons. The van der Waals surface area contributed by atoms with Crippen molar-refractivity contribution in [3.05, 3.63) is 29.3 Å². The number of benzene rings is 1. The molecule has 0 bridgehead atoms. The van der Waals surface area contributed by atoms with Gasteiger partial charge in [-0.1, -0.05) is 0 Å². The Morgan fingerprint density at radius 3 is 2.59 bits per heavy atom. The summed E-state index contributed by atoms with van der Waals surface area (Å²) in [6.45, 7) is 1.56. The Bertz CT molecular complexity index is 773. The highest BCUT2D eigenvalue weighted by Crippen LogP contribution is 2.23. The molecule has 1 aromatic rings. The minimum absolute atomic E-state index is 0.0381. The molecule has 1 aliphatic heterocycles. The SMILES string of the molecule is CC1(NC(=O)Nc2cc(F)c(C#N)cc2F)CCS(=O)(=O)C1. The fourth-order valence-corrected chi connectivity index (χ4v) is 4.36. The van der Waals surface area contributed by atoms with Crippen LogP contribution in [0.5, 0.6) is 0 Å². The number of nitriles is 1. The molecule has 1 heterocycles. The fraction of sp³-hybridized carbons (Fsp3) is 0.385. The van der Waals surface area contributed by atoms with Crippen molar-refractivity contribution in [2.24, 2.45) is 0 Å². The Hall–Kier alpha value is -2.21. The summed E-state index contributed by atoms with van der Waals surface area (Å²) in [6.07, 6.45) is 0.243. The number of hydrogen-bond donors (Lipinski definition) is 2. The maximum absolute atomic E-state index is 13.7. The Kier molecular flexibility index (Phi) is 4.06. The first-order valence-electron chi connectivity index (χ1n) is 6.33. The monoisotopic (exact) mass is 329 g/mol. The van der Waals surface area contributed by atoms with Crippen molar-refractivity contribution in [2.45, 2.75) is 18.9 Å². The van der Waals surface area contributed by atoms with Crippen LogP contribution in [0.3, 0.4) is 0 Å². The lowest BCUT2D eigenvalue weighted by Crippen LogP contribution is -2.48. The summed E-state index contributed by atoms with van der Waals surface area (Å²) in [5.41, 5.74) is -1.86. The number of hydrogen-bond acceptors (Lipinski definition) is 4. The molecule has 0 spiro atoms. The third-order valence-corrected chi connectivity index (χ3v) is 5.25. The molecule has 2 N–H and O–H groups in total. The Balaban J connectivity index is 2.11. The quantitative estimate of drug-likeness (QED) is 0.859. The van der Waals surface area contributed by atoms with Gasteiger partial charge in [0.05, 0.1) is 28.3 Å². The van der Waals surface area contributed by atoms with Crippen molar-refractivity contribution in [3.63, 3.8) is 0 Å². The Morgan fingerprint density at radius 1 is 1.36 bits per heavy atom. The number of rotatable bonds is 2. The molecule has 2 amide bonds. The highest BCUT2D eigenvalue weighted by Gasteiger charge is 2.39. The molecular formula is C13H13F2N3O3S. The lowest BCUT2D eigenvalue weighted by atomic mass is 10.0. The zero-order valence-electron chi connectivity index (χ0n) is 11.6. The maximum Gasteiger partial charge on any atom is 0.319 e. The smallest absolute Gasteiger partial charge is 0.319 e. The molecule has 9 heteroatoms. The molecule has 118 valence electrons. The first kappa shape index (κ1) is 16.2. The fourth-order valence-electron chi connectivity index (χ4n) is 2.27. The summed E-state index contributed by atoms with van der Waals surface area (Å²) >= 11 is 0. The number of carbonyl (C=O) groups is 1. The molecule has 1 fully saturated rings. The van der Waals surface area contributed by atoms with Crippen LogP contribution in [0.25, 0.3) is 0 Å². The van der Waals surface area contributed by atoms with E-state index in [1.54, 1.807) is 6.92 Å². The van der Waals surface area contributed by atoms with Gasteiger partial charge in [0.15, 0.2) is 9.84 Å². The van der Waals surface area contributed by atoms with E-state index in [1.165, 1.54) is 6.07 Å². The van der Waals surface area contributed by atoms with Crippen molar-refractivity contribution in [3.8, 4) is 6.07 Å². The lowest BCUT2D eigenvalue weighted by Gasteiger charge is -2.24. The maximum atomic E-state index is 13.7. The number of amides is 2. The van der Waals surface area contributed by atoms with Crippen molar-refractivity contribution >= 4 is 21.6 Å². The van der Waals surface area contributed by atoms with Crippen LogP contribution >= 0.6 is 0 Å². The van der Waals surface area contributed by atoms with E-state index in [1.807, 2.05) is 0 Å². The summed E-state index contributed by atoms with van der Waals surface area (Å²) < 4.78 is 50.0. The van der Waals surface area contributed by atoms with Gasteiger partial charge in [-0.25, -0.2) is 22.0 Å². The number of nitrogens with zero attached hydrogens (tertiary/aromatic N) is 1. The van der Waals surface area contributed by atoms with Crippen molar-refractivity contribution < 1.29 is 22.0 Å². The number of anilines is 1. The molecule has 1 unspecified atom stereocenters. The molecular weight excluding hydrogens is 316 g/mol. The van der Waals surface area contributed by atoms with Gasteiger partial charge in [-0.2, -0.15) is 5.26 Å². The Labute approximate surface area is 126 Å². The first-order chi connectivity index (χ1) is 10.1. The molecule has 1 atom stereocenters. The largest absolute Gasteiger partial charge is 0.332 e. The van der Waals surface area contributed by atoms with Crippen LogP contribution in [0, 0.1) is 23.0 Å². The lowest BCUT2D eigenvalue weighted by molar-refractivity contribution is 0.242. The van der Waals surface area contributed by atoms with Crippen LogP contribution in [0.1, 0.15) is 18.9 Å². The second-order valence-electron chi connectivity index (χ2n) is 5.41. The number of halogens is 2. The second-order valence-corrected chi connectivity index (χ2v) is 7.59. The average Bonchev–Trinajstić information content (AvgIpc) is 2.67. The summed E-state index contributed by atoms with van der Waals surface area (Å²) in [4.78, 5) is 11.8. The first-order valence-corrected chi connectivity index (χ1v) is 8.15. The highest BCUT2D eigenvalue weighted by molar-refractivity contribution is 7.91. The van der Waals surface area contributed by atoms with Crippen LogP contribution in [0.4, 0.5) is 19.3 Å². The van der Waals surface area contributed by atoms with Crippen molar-refractivity contribution in [1.29, 1.82) is 5.26 Å². The standard InChI is InChI=1S/C13H13F2N3O3S/c1-13(2-3-22(20,21)7-13)18-12(19)17-11-5-9(14)8(6-16)4-10(11)15/h4-5H,2-3,7H2,1H3,(H2,17,18,19).